The van der Waals surface area contributed by atoms with Gasteiger partial charge < -0.3 is 4.74 Å². The van der Waals surface area contributed by atoms with E-state index in [1.54, 1.807) is 6.07 Å². The third-order valence-corrected chi connectivity index (χ3v) is 4.74. The summed E-state index contributed by atoms with van der Waals surface area (Å²) in [6.45, 7) is 6.41. The summed E-state index contributed by atoms with van der Waals surface area (Å²) in [5, 5.41) is 0. The molecule has 2 nitrogen and oxygen atoms in total. The van der Waals surface area contributed by atoms with E-state index in [9.17, 15) is 18.0 Å². The summed E-state index contributed by atoms with van der Waals surface area (Å²) in [6.07, 6.45) is -4.09. The van der Waals surface area contributed by atoms with Gasteiger partial charge in [0.2, 0.25) is 0 Å². The molecule has 0 aliphatic carbocycles. The fourth-order valence-electron chi connectivity index (χ4n) is 1.90. The number of esters is 1. The third kappa shape index (κ3) is 4.37. The molecule has 0 aliphatic heterocycles. The molecule has 1 aromatic rings. The van der Waals surface area contributed by atoms with Crippen LogP contribution in [0.4, 0.5) is 13.2 Å². The molecule has 6 heteroatoms. The van der Waals surface area contributed by atoms with Gasteiger partial charge in [0.1, 0.15) is 0 Å². The standard InChI is InChI=1S/C14H19F3O2Si/c1-19-13(18)12-10(8-9-20(2,3)4)6-5-7-11(12)14(15,16)17/h5-7H,8-9H2,1-4H3. The molecule has 1 rings (SSSR count). The van der Waals surface area contributed by atoms with Crippen molar-refractivity contribution in [2.75, 3.05) is 7.11 Å². The summed E-state index contributed by atoms with van der Waals surface area (Å²) >= 11 is 0. The quantitative estimate of drug-likeness (QED) is 0.610. The lowest BCUT2D eigenvalue weighted by molar-refractivity contribution is -0.138. The molecule has 1 aromatic carbocycles. The molecule has 0 saturated carbocycles. The van der Waals surface area contributed by atoms with Crippen molar-refractivity contribution in [1.82, 2.24) is 0 Å². The third-order valence-electron chi connectivity index (χ3n) is 2.99. The summed E-state index contributed by atoms with van der Waals surface area (Å²) in [5.74, 6) is -0.927. The molecule has 0 amide bonds. The van der Waals surface area contributed by atoms with Crippen molar-refractivity contribution in [2.45, 2.75) is 38.3 Å². The van der Waals surface area contributed by atoms with Crippen molar-refractivity contribution < 1.29 is 22.7 Å². The van der Waals surface area contributed by atoms with Crippen LogP contribution in [-0.4, -0.2) is 21.2 Å². The predicted molar refractivity (Wildman–Crippen MR) is 74.6 cm³/mol. The predicted octanol–water partition coefficient (Wildman–Crippen LogP) is 4.37. The molecule has 0 aromatic heterocycles. The van der Waals surface area contributed by atoms with Crippen molar-refractivity contribution in [3.63, 3.8) is 0 Å². The van der Waals surface area contributed by atoms with Crippen LogP contribution in [0.5, 0.6) is 0 Å². The topological polar surface area (TPSA) is 26.3 Å². The number of alkyl halides is 3. The average molecular weight is 304 g/mol. The molecule has 0 spiro atoms. The molecule has 0 atom stereocenters. The molecule has 0 bridgehead atoms. The van der Waals surface area contributed by atoms with Crippen molar-refractivity contribution in [3.05, 3.63) is 34.9 Å². The molecule has 112 valence electrons. The van der Waals surface area contributed by atoms with E-state index in [4.69, 9.17) is 0 Å². The van der Waals surface area contributed by atoms with Gasteiger partial charge in [0.25, 0.3) is 0 Å². The highest BCUT2D eigenvalue weighted by molar-refractivity contribution is 6.76. The van der Waals surface area contributed by atoms with E-state index in [1.807, 2.05) is 0 Å². The monoisotopic (exact) mass is 304 g/mol. The first-order chi connectivity index (χ1) is 9.06. The van der Waals surface area contributed by atoms with Crippen molar-refractivity contribution in [3.8, 4) is 0 Å². The smallest absolute Gasteiger partial charge is 0.417 e. The fraction of sp³-hybridized carbons (Fsp3) is 0.500. The molecule has 0 unspecified atom stereocenters. The Morgan fingerprint density at radius 1 is 1.25 bits per heavy atom. The Morgan fingerprint density at radius 3 is 2.30 bits per heavy atom. The number of hydrogen-bond donors (Lipinski definition) is 0. The van der Waals surface area contributed by atoms with E-state index >= 15 is 0 Å². The van der Waals surface area contributed by atoms with Gasteiger partial charge in [-0.2, -0.15) is 13.2 Å². The van der Waals surface area contributed by atoms with Gasteiger partial charge in [-0.1, -0.05) is 37.8 Å². The van der Waals surface area contributed by atoms with Crippen LogP contribution in [0.2, 0.25) is 25.7 Å². The first kappa shape index (κ1) is 16.8. The maximum absolute atomic E-state index is 13.0. The second-order valence-electron chi connectivity index (χ2n) is 5.89. The van der Waals surface area contributed by atoms with E-state index in [-0.39, 0.29) is 5.56 Å². The highest BCUT2D eigenvalue weighted by Crippen LogP contribution is 2.34. The molecule has 20 heavy (non-hydrogen) atoms. The minimum Gasteiger partial charge on any atom is -0.465 e. The van der Waals surface area contributed by atoms with E-state index in [1.165, 1.54) is 6.07 Å². The van der Waals surface area contributed by atoms with Crippen LogP contribution in [-0.2, 0) is 17.3 Å². The number of methoxy groups -OCH3 is 1. The lowest BCUT2D eigenvalue weighted by Crippen LogP contribution is -2.22. The number of rotatable bonds is 4. The highest BCUT2D eigenvalue weighted by atomic mass is 28.3. The Hall–Kier alpha value is -1.30. The van der Waals surface area contributed by atoms with E-state index in [0.717, 1.165) is 19.2 Å². The van der Waals surface area contributed by atoms with Gasteiger partial charge in [0, 0.05) is 8.07 Å². The first-order valence-corrected chi connectivity index (χ1v) is 10.0. The van der Waals surface area contributed by atoms with Crippen molar-refractivity contribution in [2.24, 2.45) is 0 Å². The minimum absolute atomic E-state index is 0.347. The zero-order valence-electron chi connectivity index (χ0n) is 12.1. The maximum atomic E-state index is 13.0. The largest absolute Gasteiger partial charge is 0.465 e. The zero-order chi connectivity index (χ0) is 15.6. The average Bonchev–Trinajstić information content (AvgIpc) is 2.33. The van der Waals surface area contributed by atoms with Crippen molar-refractivity contribution in [1.29, 1.82) is 0 Å². The van der Waals surface area contributed by atoms with E-state index in [0.29, 0.717) is 12.0 Å². The number of halogens is 3. The van der Waals surface area contributed by atoms with Crippen molar-refractivity contribution >= 4 is 14.0 Å². The van der Waals surface area contributed by atoms with Gasteiger partial charge in [-0.05, 0) is 18.1 Å². The molecule has 0 aliphatic rings. The molecule has 0 N–H and O–H groups in total. The molecule has 0 saturated heterocycles. The van der Waals surface area contributed by atoms with E-state index < -0.39 is 25.8 Å². The van der Waals surface area contributed by atoms with Crippen LogP contribution in [0.25, 0.3) is 0 Å². The number of carbonyl (C=O) groups is 1. The highest BCUT2D eigenvalue weighted by Gasteiger charge is 2.36. The maximum Gasteiger partial charge on any atom is 0.417 e. The molecule has 0 radical (unpaired) electrons. The summed E-state index contributed by atoms with van der Waals surface area (Å²) < 4.78 is 43.5. The van der Waals surface area contributed by atoms with Gasteiger partial charge in [0.15, 0.2) is 0 Å². The lowest BCUT2D eigenvalue weighted by Gasteiger charge is -2.19. The first-order valence-electron chi connectivity index (χ1n) is 6.33. The van der Waals surface area contributed by atoms with Gasteiger partial charge in [-0.25, -0.2) is 4.79 Å². The molecular formula is C14H19F3O2Si. The van der Waals surface area contributed by atoms with Gasteiger partial charge >= 0.3 is 12.1 Å². The summed E-state index contributed by atoms with van der Waals surface area (Å²) in [7, 11) is -0.310. The number of aryl methyl sites for hydroxylation is 1. The van der Waals surface area contributed by atoms with Gasteiger partial charge in [0.05, 0.1) is 18.2 Å². The molecule has 0 heterocycles. The van der Waals surface area contributed by atoms with Gasteiger partial charge in [-0.15, -0.1) is 0 Å². The van der Waals surface area contributed by atoms with Gasteiger partial charge in [-0.3, -0.25) is 0 Å². The Kier molecular flexibility index (Phi) is 5.02. The number of carbonyl (C=O) groups excluding carboxylic acids is 1. The fourth-order valence-corrected chi connectivity index (χ4v) is 2.92. The number of ether oxygens (including phenoxy) is 1. The zero-order valence-corrected chi connectivity index (χ0v) is 13.1. The van der Waals surface area contributed by atoms with Crippen LogP contribution in [0.1, 0.15) is 21.5 Å². The Balaban J connectivity index is 3.27. The second kappa shape index (κ2) is 5.99. The van der Waals surface area contributed by atoms with Crippen LogP contribution >= 0.6 is 0 Å². The van der Waals surface area contributed by atoms with Crippen LogP contribution in [0, 0.1) is 0 Å². The minimum atomic E-state index is -4.56. The Labute approximate surface area is 118 Å². The normalized spacial score (nSPS) is 12.3. The second-order valence-corrected chi connectivity index (χ2v) is 11.5. The van der Waals surface area contributed by atoms with E-state index in [2.05, 4.69) is 24.4 Å². The number of hydrogen-bond acceptors (Lipinski definition) is 2. The van der Waals surface area contributed by atoms with Crippen LogP contribution in [0.15, 0.2) is 18.2 Å². The van der Waals surface area contributed by atoms with Crippen LogP contribution in [0.3, 0.4) is 0 Å². The van der Waals surface area contributed by atoms with Crippen LogP contribution < -0.4 is 0 Å². The summed E-state index contributed by atoms with van der Waals surface area (Å²) in [6, 6.07) is 4.65. The number of benzene rings is 1. The lowest BCUT2D eigenvalue weighted by atomic mass is 9.99. The molecule has 0 fully saturated rings. The molecular weight excluding hydrogens is 285 g/mol. The Bertz CT molecular complexity index is 490. The summed E-state index contributed by atoms with van der Waals surface area (Å²) in [5.41, 5.74) is -0.854. The Morgan fingerprint density at radius 2 is 1.85 bits per heavy atom. The SMILES string of the molecule is COC(=O)c1c(CC[Si](C)(C)C)cccc1C(F)(F)F. The summed E-state index contributed by atoms with van der Waals surface area (Å²) in [4.78, 5) is 11.7.